The second-order valence-corrected chi connectivity index (χ2v) is 5.98. The van der Waals surface area contributed by atoms with Crippen molar-refractivity contribution in [3.63, 3.8) is 0 Å². The number of carbonyl (C=O) groups is 1. The Bertz CT molecular complexity index is 596. The van der Waals surface area contributed by atoms with Crippen LogP contribution in [-0.2, 0) is 0 Å². The van der Waals surface area contributed by atoms with Crippen LogP contribution in [0.1, 0.15) is 46.7 Å². The van der Waals surface area contributed by atoms with Crippen LogP contribution in [-0.4, -0.2) is 27.4 Å². The fraction of sp³-hybridized carbons (Fsp3) is 0.429. The lowest BCUT2D eigenvalue weighted by atomic mass is 10.3. The maximum absolute atomic E-state index is 12.1. The van der Waals surface area contributed by atoms with Crippen molar-refractivity contribution in [1.29, 1.82) is 0 Å². The number of aromatic nitrogens is 3. The number of carbonyl (C=O) groups excluding carboxylic acids is 1. The maximum Gasteiger partial charge on any atom is 0.272 e. The molecule has 2 N–H and O–H groups in total. The van der Waals surface area contributed by atoms with Crippen molar-refractivity contribution in [3.05, 3.63) is 34.2 Å². The third-order valence-corrected chi connectivity index (χ3v) is 3.89. The molecule has 0 bridgehead atoms. The van der Waals surface area contributed by atoms with Crippen LogP contribution in [0.3, 0.4) is 0 Å². The molecule has 0 fully saturated rings. The largest absolute Gasteiger partial charge is 0.369 e. The Labute approximate surface area is 128 Å². The van der Waals surface area contributed by atoms with Crippen molar-refractivity contribution in [2.45, 2.75) is 33.2 Å². The van der Waals surface area contributed by atoms with Crippen molar-refractivity contribution < 1.29 is 4.79 Å². The Morgan fingerprint density at radius 2 is 2.10 bits per heavy atom. The molecule has 0 spiro atoms. The van der Waals surface area contributed by atoms with Gasteiger partial charge in [0.25, 0.3) is 5.91 Å². The Morgan fingerprint density at radius 3 is 2.67 bits per heavy atom. The molecular weight excluding hydrogens is 286 g/mol. The van der Waals surface area contributed by atoms with Crippen molar-refractivity contribution in [1.82, 2.24) is 20.3 Å². The van der Waals surface area contributed by atoms with E-state index < -0.39 is 0 Å². The minimum absolute atomic E-state index is 0.143. The van der Waals surface area contributed by atoms with Gasteiger partial charge in [0.2, 0.25) is 0 Å². The third-order valence-electron chi connectivity index (χ3n) is 2.80. The molecule has 7 heteroatoms. The summed E-state index contributed by atoms with van der Waals surface area (Å²) in [5.41, 5.74) is 0.303. The van der Waals surface area contributed by atoms with Gasteiger partial charge in [0.15, 0.2) is 0 Å². The van der Waals surface area contributed by atoms with E-state index in [9.17, 15) is 4.79 Å². The summed E-state index contributed by atoms with van der Waals surface area (Å²) in [6, 6.07) is -0.143. The van der Waals surface area contributed by atoms with Crippen LogP contribution in [0.4, 0.5) is 5.82 Å². The molecule has 6 nitrogen and oxygen atoms in total. The smallest absolute Gasteiger partial charge is 0.272 e. The van der Waals surface area contributed by atoms with Gasteiger partial charge in [0.1, 0.15) is 16.5 Å². The second kappa shape index (κ2) is 7.12. The lowest BCUT2D eigenvalue weighted by Crippen LogP contribution is -2.27. The molecule has 0 saturated carbocycles. The normalized spacial score (nSPS) is 12.0. The zero-order valence-electron chi connectivity index (χ0n) is 12.4. The number of nitrogens with zero attached hydrogens (tertiary/aromatic N) is 3. The first-order chi connectivity index (χ1) is 10.1. The number of amides is 1. The second-order valence-electron chi connectivity index (χ2n) is 4.72. The molecule has 112 valence electrons. The number of thiazole rings is 1. The van der Waals surface area contributed by atoms with E-state index >= 15 is 0 Å². The number of anilines is 1. The first-order valence-electron chi connectivity index (χ1n) is 6.89. The molecule has 1 unspecified atom stereocenters. The summed E-state index contributed by atoms with van der Waals surface area (Å²) in [5, 5.41) is 6.87. The third kappa shape index (κ3) is 4.22. The van der Waals surface area contributed by atoms with E-state index in [-0.39, 0.29) is 11.9 Å². The van der Waals surface area contributed by atoms with E-state index in [1.165, 1.54) is 6.20 Å². The average Bonchev–Trinajstić information content (AvgIpc) is 2.92. The molecule has 0 radical (unpaired) electrons. The first-order valence-corrected chi connectivity index (χ1v) is 7.71. The topological polar surface area (TPSA) is 79.8 Å². The number of aryl methyl sites for hydroxylation is 1. The van der Waals surface area contributed by atoms with Gasteiger partial charge in [0.05, 0.1) is 18.4 Å². The summed E-state index contributed by atoms with van der Waals surface area (Å²) in [6.45, 7) is 6.80. The standard InChI is InChI=1S/C14H19N5OS/c1-4-5-15-12-8-16-11(7-17-12)13(20)19-10(3)14-18-6-9(2)21-14/h6-8,10H,4-5H2,1-3H3,(H,15,17)(H,19,20). The summed E-state index contributed by atoms with van der Waals surface area (Å²) in [5.74, 6) is 0.432. The van der Waals surface area contributed by atoms with Gasteiger partial charge in [-0.3, -0.25) is 4.79 Å². The van der Waals surface area contributed by atoms with Gasteiger partial charge in [-0.05, 0) is 20.3 Å². The number of hydrogen-bond acceptors (Lipinski definition) is 6. The predicted molar refractivity (Wildman–Crippen MR) is 83.5 cm³/mol. The summed E-state index contributed by atoms with van der Waals surface area (Å²) in [7, 11) is 0. The quantitative estimate of drug-likeness (QED) is 0.857. The maximum atomic E-state index is 12.1. The van der Waals surface area contributed by atoms with Crippen molar-refractivity contribution in [3.8, 4) is 0 Å². The highest BCUT2D eigenvalue weighted by Gasteiger charge is 2.15. The highest BCUT2D eigenvalue weighted by Crippen LogP contribution is 2.19. The molecule has 0 aliphatic heterocycles. The van der Waals surface area contributed by atoms with Gasteiger partial charge in [-0.25, -0.2) is 15.0 Å². The van der Waals surface area contributed by atoms with E-state index in [1.54, 1.807) is 23.7 Å². The Morgan fingerprint density at radius 1 is 1.29 bits per heavy atom. The fourth-order valence-corrected chi connectivity index (χ4v) is 2.47. The minimum Gasteiger partial charge on any atom is -0.369 e. The zero-order chi connectivity index (χ0) is 15.2. The van der Waals surface area contributed by atoms with E-state index in [2.05, 4.69) is 32.5 Å². The number of hydrogen-bond donors (Lipinski definition) is 2. The van der Waals surface area contributed by atoms with Crippen LogP contribution >= 0.6 is 11.3 Å². The van der Waals surface area contributed by atoms with Gasteiger partial charge in [0, 0.05) is 17.6 Å². The van der Waals surface area contributed by atoms with Crippen LogP contribution in [0.25, 0.3) is 0 Å². The molecule has 2 aromatic rings. The molecule has 1 atom stereocenters. The molecule has 0 saturated heterocycles. The van der Waals surface area contributed by atoms with Crippen LogP contribution in [0, 0.1) is 6.92 Å². The van der Waals surface area contributed by atoms with Gasteiger partial charge in [-0.1, -0.05) is 6.92 Å². The summed E-state index contributed by atoms with van der Waals surface area (Å²) >= 11 is 1.57. The van der Waals surface area contributed by atoms with Gasteiger partial charge in [-0.2, -0.15) is 0 Å². The highest BCUT2D eigenvalue weighted by atomic mass is 32.1. The Hall–Kier alpha value is -2.02. The van der Waals surface area contributed by atoms with Crippen LogP contribution in [0.2, 0.25) is 0 Å². The molecular formula is C14H19N5OS. The van der Waals surface area contributed by atoms with Crippen LogP contribution in [0.5, 0.6) is 0 Å². The van der Waals surface area contributed by atoms with Gasteiger partial charge in [-0.15, -0.1) is 11.3 Å². The molecule has 0 aromatic carbocycles. The van der Waals surface area contributed by atoms with Crippen molar-refractivity contribution >= 4 is 23.1 Å². The summed E-state index contributed by atoms with van der Waals surface area (Å²) in [6.07, 6.45) is 5.86. The van der Waals surface area contributed by atoms with E-state index in [0.29, 0.717) is 11.5 Å². The van der Waals surface area contributed by atoms with Crippen molar-refractivity contribution in [2.24, 2.45) is 0 Å². The predicted octanol–water partition coefficient (Wildman–Crippen LogP) is 2.55. The van der Waals surface area contributed by atoms with E-state index in [0.717, 1.165) is 22.9 Å². The molecule has 21 heavy (non-hydrogen) atoms. The lowest BCUT2D eigenvalue weighted by molar-refractivity contribution is 0.0934. The SMILES string of the molecule is CCCNc1cnc(C(=O)NC(C)c2ncc(C)s2)cn1. The highest BCUT2D eigenvalue weighted by molar-refractivity contribution is 7.11. The number of rotatable bonds is 6. The Kier molecular flexibility index (Phi) is 5.21. The van der Waals surface area contributed by atoms with Crippen molar-refractivity contribution in [2.75, 3.05) is 11.9 Å². The van der Waals surface area contributed by atoms with Gasteiger partial charge >= 0.3 is 0 Å². The molecule has 2 heterocycles. The zero-order valence-corrected chi connectivity index (χ0v) is 13.2. The van der Waals surface area contributed by atoms with Crippen LogP contribution < -0.4 is 10.6 Å². The summed E-state index contributed by atoms with van der Waals surface area (Å²) in [4.78, 5) is 25.8. The van der Waals surface area contributed by atoms with Crippen LogP contribution in [0.15, 0.2) is 18.6 Å². The van der Waals surface area contributed by atoms with E-state index in [4.69, 9.17) is 0 Å². The molecule has 0 aliphatic rings. The van der Waals surface area contributed by atoms with Gasteiger partial charge < -0.3 is 10.6 Å². The average molecular weight is 305 g/mol. The van der Waals surface area contributed by atoms with E-state index in [1.807, 2.05) is 13.8 Å². The first kappa shape index (κ1) is 15.4. The molecule has 0 aliphatic carbocycles. The monoisotopic (exact) mass is 305 g/mol. The molecule has 1 amide bonds. The fourth-order valence-electron chi connectivity index (χ4n) is 1.69. The lowest BCUT2D eigenvalue weighted by Gasteiger charge is -2.11. The Balaban J connectivity index is 1.96. The molecule has 2 aromatic heterocycles. The minimum atomic E-state index is -0.245. The number of nitrogens with one attached hydrogen (secondary N) is 2. The summed E-state index contributed by atoms with van der Waals surface area (Å²) < 4.78 is 0. The molecule has 2 rings (SSSR count).